The molecule has 1 rings (SSSR count). The van der Waals surface area contributed by atoms with Gasteiger partial charge in [0.1, 0.15) is 0 Å². The largest absolute Gasteiger partial charge is 0.379 e. The van der Waals surface area contributed by atoms with Crippen LogP contribution in [0.4, 0.5) is 0 Å². The first kappa shape index (κ1) is 5.76. The van der Waals surface area contributed by atoms with Crippen molar-refractivity contribution >= 4 is 5.71 Å². The van der Waals surface area contributed by atoms with Gasteiger partial charge in [-0.05, 0) is 6.92 Å². The predicted molar refractivity (Wildman–Crippen MR) is 33.4 cm³/mol. The second kappa shape index (κ2) is 2.82. The number of hydrogen-bond acceptors (Lipinski definition) is 2. The highest BCUT2D eigenvalue weighted by Crippen LogP contribution is 1.93. The Hall–Kier alpha value is -0.370. The molecule has 0 spiro atoms. The summed E-state index contributed by atoms with van der Waals surface area (Å²) in [5.41, 5.74) is 1.22. The minimum Gasteiger partial charge on any atom is -0.379 e. The van der Waals surface area contributed by atoms with Crippen molar-refractivity contribution in [1.29, 1.82) is 0 Å². The Labute approximate surface area is 49.6 Å². The maximum absolute atomic E-state index is 5.15. The van der Waals surface area contributed by atoms with Crippen LogP contribution >= 0.6 is 0 Å². The van der Waals surface area contributed by atoms with Gasteiger partial charge in [0.05, 0.1) is 19.8 Å². The van der Waals surface area contributed by atoms with Crippen LogP contribution in [0.3, 0.4) is 0 Å². The molecular weight excluding hydrogens is 102 g/mol. The van der Waals surface area contributed by atoms with Crippen molar-refractivity contribution in [2.24, 2.45) is 4.99 Å². The molecule has 1 heterocycles. The second-order valence-electron chi connectivity index (χ2n) is 1.98. The molecule has 0 amide bonds. The Morgan fingerprint density at radius 3 is 3.25 bits per heavy atom. The van der Waals surface area contributed by atoms with Gasteiger partial charge >= 0.3 is 0 Å². The smallest absolute Gasteiger partial charge is 0.0662 e. The van der Waals surface area contributed by atoms with E-state index in [4.69, 9.17) is 4.74 Å². The molecule has 8 heavy (non-hydrogen) atoms. The molecule has 0 aromatic rings. The zero-order chi connectivity index (χ0) is 5.82. The fourth-order valence-electron chi connectivity index (χ4n) is 0.702. The molecule has 0 saturated carbocycles. The van der Waals surface area contributed by atoms with E-state index >= 15 is 0 Å². The molecule has 0 unspecified atom stereocenters. The number of nitrogens with zero attached hydrogens (tertiary/aromatic N) is 1. The molecule has 1 aliphatic heterocycles. The van der Waals surface area contributed by atoms with E-state index in [-0.39, 0.29) is 0 Å². The summed E-state index contributed by atoms with van der Waals surface area (Å²) in [6.45, 7) is 4.56. The highest BCUT2D eigenvalue weighted by atomic mass is 16.5. The number of ether oxygens (including phenoxy) is 1. The van der Waals surface area contributed by atoms with Crippen LogP contribution in [-0.2, 0) is 4.74 Å². The first-order valence-corrected chi connectivity index (χ1v) is 2.97. The summed E-state index contributed by atoms with van der Waals surface area (Å²) in [6, 6.07) is 0. The van der Waals surface area contributed by atoms with E-state index in [1.165, 1.54) is 5.71 Å². The molecule has 0 N–H and O–H groups in total. The zero-order valence-corrected chi connectivity index (χ0v) is 5.18. The molecule has 0 saturated heterocycles. The van der Waals surface area contributed by atoms with Crippen LogP contribution in [0.15, 0.2) is 4.99 Å². The van der Waals surface area contributed by atoms with Crippen molar-refractivity contribution in [3.05, 3.63) is 0 Å². The van der Waals surface area contributed by atoms with E-state index in [0.29, 0.717) is 0 Å². The van der Waals surface area contributed by atoms with Gasteiger partial charge in [0.2, 0.25) is 0 Å². The molecule has 1 aliphatic rings. The third-order valence-corrected chi connectivity index (χ3v) is 1.23. The first-order chi connectivity index (χ1) is 3.89. The predicted octanol–water partition coefficient (Wildman–Crippen LogP) is 0.868. The van der Waals surface area contributed by atoms with Gasteiger partial charge in [-0.3, -0.25) is 4.99 Å². The minimum absolute atomic E-state index is 0.803. The van der Waals surface area contributed by atoms with Gasteiger partial charge in [0.15, 0.2) is 0 Å². The Kier molecular flexibility index (Phi) is 2.03. The van der Waals surface area contributed by atoms with Gasteiger partial charge < -0.3 is 4.74 Å². The number of rotatable bonds is 0. The Morgan fingerprint density at radius 1 is 1.50 bits per heavy atom. The lowest BCUT2D eigenvalue weighted by molar-refractivity contribution is 0.153. The maximum Gasteiger partial charge on any atom is 0.0662 e. The third kappa shape index (κ3) is 1.62. The highest BCUT2D eigenvalue weighted by molar-refractivity contribution is 5.82. The summed E-state index contributed by atoms with van der Waals surface area (Å²) in [4.78, 5) is 4.22. The van der Waals surface area contributed by atoms with E-state index < -0.39 is 0 Å². The van der Waals surface area contributed by atoms with Crippen molar-refractivity contribution in [2.75, 3.05) is 19.8 Å². The van der Waals surface area contributed by atoms with Crippen molar-refractivity contribution in [2.45, 2.75) is 13.3 Å². The molecular formula is C6H11NO. The maximum atomic E-state index is 5.15. The standard InChI is InChI=1S/C6H11NO/c1-6-2-4-8-5-3-7-6/h2-5H2,1H3. The Balaban J connectivity index is 2.36. The molecule has 0 aliphatic carbocycles. The van der Waals surface area contributed by atoms with Gasteiger partial charge in [0.25, 0.3) is 0 Å². The van der Waals surface area contributed by atoms with E-state index in [1.54, 1.807) is 0 Å². The molecule has 0 bridgehead atoms. The number of hydrogen-bond donors (Lipinski definition) is 0. The van der Waals surface area contributed by atoms with Crippen molar-refractivity contribution in [1.82, 2.24) is 0 Å². The quantitative estimate of drug-likeness (QED) is 0.456. The molecule has 0 radical (unpaired) electrons. The third-order valence-electron chi connectivity index (χ3n) is 1.23. The Bertz CT molecular complexity index is 98.7. The summed E-state index contributed by atoms with van der Waals surface area (Å²) in [7, 11) is 0. The van der Waals surface area contributed by atoms with Gasteiger partial charge in [-0.25, -0.2) is 0 Å². The summed E-state index contributed by atoms with van der Waals surface area (Å²) >= 11 is 0. The zero-order valence-electron chi connectivity index (χ0n) is 5.18. The lowest BCUT2D eigenvalue weighted by Gasteiger charge is -1.92. The highest BCUT2D eigenvalue weighted by Gasteiger charge is 1.96. The number of aliphatic imine (C=N–C) groups is 1. The van der Waals surface area contributed by atoms with Crippen LogP contribution in [0.1, 0.15) is 13.3 Å². The van der Waals surface area contributed by atoms with Gasteiger partial charge in [0, 0.05) is 12.1 Å². The van der Waals surface area contributed by atoms with Crippen LogP contribution in [0.25, 0.3) is 0 Å². The fourth-order valence-corrected chi connectivity index (χ4v) is 0.702. The summed E-state index contributed by atoms with van der Waals surface area (Å²) in [6.07, 6.45) is 1.01. The lowest BCUT2D eigenvalue weighted by atomic mass is 10.3. The van der Waals surface area contributed by atoms with E-state index in [0.717, 1.165) is 26.2 Å². The van der Waals surface area contributed by atoms with Crippen LogP contribution in [0.2, 0.25) is 0 Å². The van der Waals surface area contributed by atoms with Crippen LogP contribution < -0.4 is 0 Å². The molecule has 0 fully saturated rings. The molecule has 2 heteroatoms. The normalized spacial score (nSPS) is 21.9. The SMILES string of the molecule is CC1=NCCOCC1. The van der Waals surface area contributed by atoms with Gasteiger partial charge in [-0.2, -0.15) is 0 Å². The van der Waals surface area contributed by atoms with Crippen LogP contribution in [-0.4, -0.2) is 25.5 Å². The summed E-state index contributed by atoms with van der Waals surface area (Å²) < 4.78 is 5.15. The van der Waals surface area contributed by atoms with Gasteiger partial charge in [-0.1, -0.05) is 0 Å². The summed E-state index contributed by atoms with van der Waals surface area (Å²) in [5.74, 6) is 0. The van der Waals surface area contributed by atoms with Crippen molar-refractivity contribution in [3.8, 4) is 0 Å². The van der Waals surface area contributed by atoms with Gasteiger partial charge in [-0.15, -0.1) is 0 Å². The van der Waals surface area contributed by atoms with Crippen LogP contribution in [0.5, 0.6) is 0 Å². The van der Waals surface area contributed by atoms with E-state index in [2.05, 4.69) is 11.9 Å². The van der Waals surface area contributed by atoms with Crippen LogP contribution in [0, 0.1) is 0 Å². The molecule has 0 aromatic heterocycles. The van der Waals surface area contributed by atoms with Crippen molar-refractivity contribution < 1.29 is 4.74 Å². The van der Waals surface area contributed by atoms with Crippen molar-refractivity contribution in [3.63, 3.8) is 0 Å². The molecule has 2 nitrogen and oxygen atoms in total. The topological polar surface area (TPSA) is 21.6 Å². The molecule has 0 atom stereocenters. The Morgan fingerprint density at radius 2 is 2.38 bits per heavy atom. The second-order valence-corrected chi connectivity index (χ2v) is 1.98. The average molecular weight is 113 g/mol. The summed E-state index contributed by atoms with van der Waals surface area (Å²) in [5, 5.41) is 0. The first-order valence-electron chi connectivity index (χ1n) is 2.97. The fraction of sp³-hybridized carbons (Fsp3) is 0.833. The monoisotopic (exact) mass is 113 g/mol. The average Bonchev–Trinajstić information content (AvgIpc) is 1.94. The van der Waals surface area contributed by atoms with E-state index in [1.807, 2.05) is 0 Å². The minimum atomic E-state index is 0.803. The molecule has 0 aromatic carbocycles. The lowest BCUT2D eigenvalue weighted by Crippen LogP contribution is -1.95. The molecule has 46 valence electrons. The van der Waals surface area contributed by atoms with E-state index in [9.17, 15) is 0 Å².